The maximum Gasteiger partial charge on any atom is 0.0424 e. The average molecular weight is 162 g/mol. The first kappa shape index (κ1) is 10.8. The lowest BCUT2D eigenvalue weighted by molar-refractivity contribution is -1.18. The van der Waals surface area contributed by atoms with Crippen LogP contribution >= 0.6 is 0 Å². The van der Waals surface area contributed by atoms with Crippen molar-refractivity contribution in [3.63, 3.8) is 0 Å². The van der Waals surface area contributed by atoms with Gasteiger partial charge in [-0.2, -0.15) is 0 Å². The van der Waals surface area contributed by atoms with Gasteiger partial charge >= 0.3 is 0 Å². The molecular formula is C6H20N5+. The van der Waals surface area contributed by atoms with Crippen LogP contribution in [0.1, 0.15) is 0 Å². The van der Waals surface area contributed by atoms with Crippen LogP contribution in [0, 0.1) is 0 Å². The van der Waals surface area contributed by atoms with Crippen molar-refractivity contribution in [1.29, 1.82) is 0 Å². The van der Waals surface area contributed by atoms with Crippen LogP contribution < -0.4 is 10.9 Å². The molecule has 0 amide bonds. The quantitative estimate of drug-likeness (QED) is 0.411. The molecule has 0 saturated heterocycles. The number of hydrogen-bond donors (Lipinski definition) is 2. The lowest BCUT2D eigenvalue weighted by Crippen LogP contribution is -2.76. The first-order valence-corrected chi connectivity index (χ1v) is 3.64. The summed E-state index contributed by atoms with van der Waals surface area (Å²) < 4.78 is 0. The largest absolute Gasteiger partial charge is 0.111 e. The molecule has 0 aliphatic rings. The van der Waals surface area contributed by atoms with E-state index < -0.39 is 0 Å². The first-order valence-electron chi connectivity index (χ1n) is 3.64. The van der Waals surface area contributed by atoms with E-state index in [2.05, 4.69) is 10.9 Å². The maximum absolute atomic E-state index is 3.14. The number of rotatable bonds is 4. The number of hydrogen-bond acceptors (Lipinski definition) is 4. The van der Waals surface area contributed by atoms with Gasteiger partial charge in [0.2, 0.25) is 0 Å². The Hall–Kier alpha value is -0.200. The first-order chi connectivity index (χ1) is 5.01. The van der Waals surface area contributed by atoms with Gasteiger partial charge in [-0.1, -0.05) is 0 Å². The zero-order valence-corrected chi connectivity index (χ0v) is 8.34. The fourth-order valence-corrected chi connectivity index (χ4v) is 1.27. The highest BCUT2D eigenvalue weighted by molar-refractivity contribution is 4.15. The molecule has 0 saturated carbocycles. The van der Waals surface area contributed by atoms with Crippen molar-refractivity contribution < 1.29 is 4.92 Å². The van der Waals surface area contributed by atoms with E-state index in [4.69, 9.17) is 0 Å². The van der Waals surface area contributed by atoms with Gasteiger partial charge in [0.15, 0.2) is 0 Å². The maximum atomic E-state index is 3.14. The van der Waals surface area contributed by atoms with Crippen LogP contribution in [0.2, 0.25) is 0 Å². The molecule has 11 heavy (non-hydrogen) atoms. The van der Waals surface area contributed by atoms with Gasteiger partial charge in [-0.25, -0.2) is 0 Å². The van der Waals surface area contributed by atoms with Gasteiger partial charge in [-0.3, -0.25) is 0 Å². The van der Waals surface area contributed by atoms with Crippen LogP contribution in [0.3, 0.4) is 0 Å². The molecule has 5 heteroatoms. The van der Waals surface area contributed by atoms with E-state index in [1.54, 1.807) is 0 Å². The Kier molecular flexibility index (Phi) is 3.91. The minimum Gasteiger partial charge on any atom is -0.111 e. The van der Waals surface area contributed by atoms with Gasteiger partial charge in [-0.05, 0) is 4.92 Å². The van der Waals surface area contributed by atoms with Crippen molar-refractivity contribution in [2.45, 2.75) is 0 Å². The number of nitrogens with one attached hydrogen (secondary N) is 2. The number of quaternary nitrogens is 1. The van der Waals surface area contributed by atoms with E-state index in [1.165, 1.54) is 0 Å². The standard InChI is InChI=1S/C6H20N5/c1-7-11(8-2,9(3)4)10(5)6/h7-8H,1-6H3/q+1. The molecule has 0 radical (unpaired) electrons. The Balaban J connectivity index is 4.46. The van der Waals surface area contributed by atoms with Crippen molar-refractivity contribution in [2.24, 2.45) is 0 Å². The minimum absolute atomic E-state index is 0.417. The predicted molar refractivity (Wildman–Crippen MR) is 45.8 cm³/mol. The predicted octanol–water partition coefficient (Wildman–Crippen LogP) is -0.975. The van der Waals surface area contributed by atoms with E-state index in [0.717, 1.165) is 0 Å². The molecule has 0 aromatic heterocycles. The van der Waals surface area contributed by atoms with Crippen molar-refractivity contribution in [3.05, 3.63) is 0 Å². The van der Waals surface area contributed by atoms with Gasteiger partial charge in [0.1, 0.15) is 0 Å². The van der Waals surface area contributed by atoms with Gasteiger partial charge in [0, 0.05) is 42.3 Å². The van der Waals surface area contributed by atoms with Gasteiger partial charge in [0.05, 0.1) is 0 Å². The van der Waals surface area contributed by atoms with E-state index in [-0.39, 0.29) is 0 Å². The second-order valence-corrected chi connectivity index (χ2v) is 2.74. The average Bonchev–Trinajstić information content (AvgIpc) is 1.90. The van der Waals surface area contributed by atoms with Crippen molar-refractivity contribution in [2.75, 3.05) is 42.3 Å². The lowest BCUT2D eigenvalue weighted by Gasteiger charge is -2.41. The molecule has 0 aromatic rings. The van der Waals surface area contributed by atoms with Crippen molar-refractivity contribution in [3.8, 4) is 0 Å². The second kappa shape index (κ2) is 3.99. The fraction of sp³-hybridized carbons (Fsp3) is 1.00. The summed E-state index contributed by atoms with van der Waals surface area (Å²) in [6.45, 7) is 0. The van der Waals surface area contributed by atoms with Crippen molar-refractivity contribution in [1.82, 2.24) is 20.9 Å². The molecule has 0 aromatic carbocycles. The molecular weight excluding hydrogens is 142 g/mol. The van der Waals surface area contributed by atoms with Gasteiger partial charge in [0.25, 0.3) is 0 Å². The summed E-state index contributed by atoms with van der Waals surface area (Å²) in [5, 5.41) is 4.03. The van der Waals surface area contributed by atoms with Gasteiger partial charge < -0.3 is 0 Å². The van der Waals surface area contributed by atoms with Crippen LogP contribution in [0.5, 0.6) is 0 Å². The Morgan fingerprint density at radius 1 is 0.818 bits per heavy atom. The molecule has 0 bridgehead atoms. The third-order valence-corrected chi connectivity index (χ3v) is 1.78. The lowest BCUT2D eigenvalue weighted by atomic mass is 11.0. The molecule has 0 unspecified atom stereocenters. The van der Waals surface area contributed by atoms with E-state index in [1.807, 2.05) is 52.3 Å². The highest BCUT2D eigenvalue weighted by atomic mass is 16.2. The summed E-state index contributed by atoms with van der Waals surface area (Å²) in [5.74, 6) is 0. The third kappa shape index (κ3) is 1.88. The summed E-state index contributed by atoms with van der Waals surface area (Å²) in [6, 6.07) is 0. The molecule has 0 rings (SSSR count). The van der Waals surface area contributed by atoms with E-state index in [0.29, 0.717) is 4.92 Å². The van der Waals surface area contributed by atoms with Crippen LogP contribution in [0.25, 0.3) is 0 Å². The molecule has 68 valence electrons. The summed E-state index contributed by atoms with van der Waals surface area (Å²) >= 11 is 0. The van der Waals surface area contributed by atoms with Gasteiger partial charge in [-0.15, -0.1) is 20.9 Å². The Labute approximate surface area is 69.0 Å². The normalized spacial score (nSPS) is 13.1. The highest BCUT2D eigenvalue weighted by Crippen LogP contribution is 1.99. The van der Waals surface area contributed by atoms with E-state index >= 15 is 0 Å². The smallest absolute Gasteiger partial charge is 0.0424 e. The molecule has 0 atom stereocenters. The Morgan fingerprint density at radius 3 is 1.09 bits per heavy atom. The summed E-state index contributed by atoms with van der Waals surface area (Å²) in [4.78, 5) is 0.417. The zero-order valence-electron chi connectivity index (χ0n) is 8.34. The summed E-state index contributed by atoms with van der Waals surface area (Å²) in [6.07, 6.45) is 0. The van der Waals surface area contributed by atoms with Crippen LogP contribution in [0.4, 0.5) is 0 Å². The zero-order chi connectivity index (χ0) is 9.07. The number of nitrogens with zero attached hydrogens (tertiary/aromatic N) is 3. The molecule has 0 aliphatic heterocycles. The minimum atomic E-state index is 0.417. The Morgan fingerprint density at radius 2 is 1.09 bits per heavy atom. The SMILES string of the molecule is CN[N+](NC)(N(C)C)N(C)C. The van der Waals surface area contributed by atoms with Crippen LogP contribution in [-0.4, -0.2) is 57.2 Å². The van der Waals surface area contributed by atoms with Crippen molar-refractivity contribution >= 4 is 0 Å². The fourth-order valence-electron chi connectivity index (χ4n) is 1.27. The topological polar surface area (TPSA) is 30.5 Å². The van der Waals surface area contributed by atoms with Crippen LogP contribution in [0.15, 0.2) is 0 Å². The highest BCUT2D eigenvalue weighted by Gasteiger charge is 2.31. The molecule has 0 aliphatic carbocycles. The monoisotopic (exact) mass is 162 g/mol. The Bertz CT molecular complexity index is 97.5. The molecule has 0 heterocycles. The summed E-state index contributed by atoms with van der Waals surface area (Å²) in [7, 11) is 11.8. The molecule has 0 fully saturated rings. The molecule has 5 nitrogen and oxygen atoms in total. The van der Waals surface area contributed by atoms with Crippen LogP contribution in [-0.2, 0) is 0 Å². The van der Waals surface area contributed by atoms with E-state index in [9.17, 15) is 0 Å². The second-order valence-electron chi connectivity index (χ2n) is 2.74. The molecule has 2 N–H and O–H groups in total. The summed E-state index contributed by atoms with van der Waals surface area (Å²) in [5.41, 5.74) is 6.28. The molecule has 0 spiro atoms. The third-order valence-electron chi connectivity index (χ3n) is 1.78.